The van der Waals surface area contributed by atoms with Gasteiger partial charge in [-0.3, -0.25) is 4.98 Å². The van der Waals surface area contributed by atoms with E-state index >= 15 is 0 Å². The highest BCUT2D eigenvalue weighted by Crippen LogP contribution is 1.95. The van der Waals surface area contributed by atoms with Crippen molar-refractivity contribution in [1.29, 1.82) is 0 Å². The predicted molar refractivity (Wildman–Crippen MR) is 44.0 cm³/mol. The fourth-order valence-electron chi connectivity index (χ4n) is 0.640. The third kappa shape index (κ3) is 2.19. The first-order valence-corrected chi connectivity index (χ1v) is 3.60. The normalized spacial score (nSPS) is 10.5. The summed E-state index contributed by atoms with van der Waals surface area (Å²) in [6.45, 7) is 0. The van der Waals surface area contributed by atoms with E-state index in [0.717, 1.165) is 5.69 Å². The molecule has 0 spiro atoms. The molecule has 0 aliphatic carbocycles. The largest absolute Gasteiger partial charge is 0.257 e. The zero-order valence-corrected chi connectivity index (χ0v) is 6.25. The Labute approximate surface area is 65.4 Å². The molecule has 0 aliphatic heterocycles. The van der Waals surface area contributed by atoms with Crippen molar-refractivity contribution >= 4 is 17.7 Å². The van der Waals surface area contributed by atoms with E-state index in [2.05, 4.69) is 4.98 Å². The van der Waals surface area contributed by atoms with Gasteiger partial charge >= 0.3 is 0 Å². The van der Waals surface area contributed by atoms with Crippen molar-refractivity contribution in [2.24, 2.45) is 0 Å². The summed E-state index contributed by atoms with van der Waals surface area (Å²) in [7, 11) is 0. The molecule has 0 bridgehead atoms. The highest BCUT2D eigenvalue weighted by molar-refractivity contribution is 6.19. The number of allylic oxidation sites excluding steroid dienone is 1. The number of alkyl halides is 1. The van der Waals surface area contributed by atoms with Crippen molar-refractivity contribution in [3.63, 3.8) is 0 Å². The molecule has 1 aromatic heterocycles. The van der Waals surface area contributed by atoms with Crippen molar-refractivity contribution in [3.05, 3.63) is 36.2 Å². The number of rotatable bonds is 2. The zero-order chi connectivity index (χ0) is 7.23. The van der Waals surface area contributed by atoms with E-state index in [9.17, 15) is 0 Å². The summed E-state index contributed by atoms with van der Waals surface area (Å²) >= 11 is 5.44. The van der Waals surface area contributed by atoms with Crippen molar-refractivity contribution < 1.29 is 0 Å². The zero-order valence-electron chi connectivity index (χ0n) is 5.50. The van der Waals surface area contributed by atoms with Crippen molar-refractivity contribution in [2.45, 2.75) is 0 Å². The Kier molecular flexibility index (Phi) is 2.97. The van der Waals surface area contributed by atoms with Crippen LogP contribution in [0.15, 0.2) is 30.5 Å². The molecule has 1 aromatic rings. The van der Waals surface area contributed by atoms with E-state index in [1.54, 1.807) is 6.20 Å². The lowest BCUT2D eigenvalue weighted by atomic mass is 10.3. The summed E-state index contributed by atoms with van der Waals surface area (Å²) in [4.78, 5) is 4.07. The fourth-order valence-corrected chi connectivity index (χ4v) is 0.729. The molecule has 1 heterocycles. The molecule has 0 saturated carbocycles. The van der Waals surface area contributed by atoms with Crippen LogP contribution in [0.4, 0.5) is 0 Å². The van der Waals surface area contributed by atoms with Crippen LogP contribution in [-0.2, 0) is 0 Å². The van der Waals surface area contributed by atoms with Gasteiger partial charge in [0.05, 0.1) is 5.69 Å². The number of pyridine rings is 1. The van der Waals surface area contributed by atoms with Crippen LogP contribution in [0.5, 0.6) is 0 Å². The molecule has 0 aliphatic rings. The molecule has 2 heteroatoms. The minimum atomic E-state index is 0.538. The fraction of sp³-hybridized carbons (Fsp3) is 0.125. The Morgan fingerprint density at radius 1 is 1.50 bits per heavy atom. The van der Waals surface area contributed by atoms with Gasteiger partial charge in [-0.05, 0) is 18.2 Å². The molecule has 1 rings (SSSR count). The lowest BCUT2D eigenvalue weighted by molar-refractivity contribution is 1.29. The molecule has 0 amide bonds. The molecule has 10 heavy (non-hydrogen) atoms. The van der Waals surface area contributed by atoms with Gasteiger partial charge in [-0.25, -0.2) is 0 Å². The number of nitrogens with zero attached hydrogens (tertiary/aromatic N) is 1. The minimum Gasteiger partial charge on any atom is -0.257 e. The van der Waals surface area contributed by atoms with Gasteiger partial charge in [0.25, 0.3) is 0 Å². The summed E-state index contributed by atoms with van der Waals surface area (Å²) in [5, 5.41) is 0. The molecule has 0 radical (unpaired) electrons. The maximum atomic E-state index is 5.44. The minimum absolute atomic E-state index is 0.538. The van der Waals surface area contributed by atoms with Gasteiger partial charge in [-0.15, -0.1) is 11.6 Å². The molecule has 0 saturated heterocycles. The summed E-state index contributed by atoms with van der Waals surface area (Å²) in [5.74, 6) is 0.538. The summed E-state index contributed by atoms with van der Waals surface area (Å²) in [6, 6.07) is 5.77. The summed E-state index contributed by atoms with van der Waals surface area (Å²) in [5.41, 5.74) is 0.947. The van der Waals surface area contributed by atoms with Gasteiger partial charge in [0.15, 0.2) is 0 Å². The first-order chi connectivity index (χ1) is 4.93. The van der Waals surface area contributed by atoms with Gasteiger partial charge in [0, 0.05) is 12.1 Å². The van der Waals surface area contributed by atoms with Gasteiger partial charge in [0.2, 0.25) is 0 Å². The SMILES string of the molecule is ClC/C=C/c1ccccn1. The Balaban J connectivity index is 2.67. The lowest BCUT2D eigenvalue weighted by Gasteiger charge is -1.87. The Morgan fingerprint density at radius 2 is 2.40 bits per heavy atom. The number of aromatic nitrogens is 1. The first-order valence-electron chi connectivity index (χ1n) is 3.07. The highest BCUT2D eigenvalue weighted by atomic mass is 35.5. The van der Waals surface area contributed by atoms with E-state index in [-0.39, 0.29) is 0 Å². The topological polar surface area (TPSA) is 12.9 Å². The Bertz CT molecular complexity index is 206. The molecule has 0 unspecified atom stereocenters. The van der Waals surface area contributed by atoms with E-state index in [1.165, 1.54) is 0 Å². The molecule has 52 valence electrons. The van der Waals surface area contributed by atoms with E-state index < -0.39 is 0 Å². The molecule has 1 nitrogen and oxygen atoms in total. The predicted octanol–water partition coefficient (Wildman–Crippen LogP) is 2.33. The Morgan fingerprint density at radius 3 is 3.00 bits per heavy atom. The summed E-state index contributed by atoms with van der Waals surface area (Å²) < 4.78 is 0. The number of halogens is 1. The second kappa shape index (κ2) is 4.07. The smallest absolute Gasteiger partial charge is 0.0626 e. The molecular formula is C8H8ClN. The van der Waals surface area contributed by atoms with Gasteiger partial charge in [-0.1, -0.05) is 12.1 Å². The highest BCUT2D eigenvalue weighted by Gasteiger charge is 1.80. The third-order valence-corrected chi connectivity index (χ3v) is 1.24. The standard InChI is InChI=1S/C8H8ClN/c9-6-3-5-8-4-1-2-7-10-8/h1-5,7H,6H2/b5-3+. The van der Waals surface area contributed by atoms with Gasteiger partial charge < -0.3 is 0 Å². The van der Waals surface area contributed by atoms with Crippen LogP contribution in [0, 0.1) is 0 Å². The molecule has 0 atom stereocenters. The maximum Gasteiger partial charge on any atom is 0.0626 e. The van der Waals surface area contributed by atoms with Crippen LogP contribution in [0.2, 0.25) is 0 Å². The van der Waals surface area contributed by atoms with Crippen LogP contribution in [0.1, 0.15) is 5.69 Å². The molecular weight excluding hydrogens is 146 g/mol. The molecule has 0 N–H and O–H groups in total. The first kappa shape index (κ1) is 7.29. The number of hydrogen-bond acceptors (Lipinski definition) is 1. The molecule has 0 aromatic carbocycles. The van der Waals surface area contributed by atoms with E-state index in [0.29, 0.717) is 5.88 Å². The lowest BCUT2D eigenvalue weighted by Crippen LogP contribution is -1.75. The van der Waals surface area contributed by atoms with E-state index in [1.807, 2.05) is 30.4 Å². The van der Waals surface area contributed by atoms with E-state index in [4.69, 9.17) is 11.6 Å². The van der Waals surface area contributed by atoms with Crippen molar-refractivity contribution in [1.82, 2.24) is 4.98 Å². The Hall–Kier alpha value is -0.820. The monoisotopic (exact) mass is 153 g/mol. The van der Waals surface area contributed by atoms with Crippen molar-refractivity contribution in [2.75, 3.05) is 5.88 Å². The van der Waals surface area contributed by atoms with Gasteiger partial charge in [-0.2, -0.15) is 0 Å². The maximum absolute atomic E-state index is 5.44. The van der Waals surface area contributed by atoms with Gasteiger partial charge in [0.1, 0.15) is 0 Å². The quantitative estimate of drug-likeness (QED) is 0.595. The van der Waals surface area contributed by atoms with Crippen molar-refractivity contribution in [3.8, 4) is 0 Å². The summed E-state index contributed by atoms with van der Waals surface area (Å²) in [6.07, 6.45) is 5.52. The van der Waals surface area contributed by atoms with Crippen LogP contribution in [-0.4, -0.2) is 10.9 Å². The molecule has 0 fully saturated rings. The van der Waals surface area contributed by atoms with Crippen LogP contribution >= 0.6 is 11.6 Å². The average Bonchev–Trinajstić information content (AvgIpc) is 2.03. The third-order valence-electron chi connectivity index (χ3n) is 1.07. The average molecular weight is 154 g/mol. The second-order valence-corrected chi connectivity index (χ2v) is 2.12. The van der Waals surface area contributed by atoms with Crippen LogP contribution < -0.4 is 0 Å². The van der Waals surface area contributed by atoms with Crippen LogP contribution in [0.25, 0.3) is 6.08 Å². The van der Waals surface area contributed by atoms with Crippen LogP contribution in [0.3, 0.4) is 0 Å². The second-order valence-electron chi connectivity index (χ2n) is 1.81. The number of hydrogen-bond donors (Lipinski definition) is 0.